The molecule has 5 nitrogen and oxygen atoms in total. The average Bonchev–Trinajstić information content (AvgIpc) is 2.97. The summed E-state index contributed by atoms with van der Waals surface area (Å²) < 4.78 is 4.91. The number of rotatable bonds is 3. The fraction of sp³-hybridized carbons (Fsp3) is 0.400. The van der Waals surface area contributed by atoms with E-state index in [1.165, 1.54) is 0 Å². The summed E-state index contributed by atoms with van der Waals surface area (Å²) in [5.74, 6) is 0.456. The smallest absolute Gasteiger partial charge is 0.229 e. The van der Waals surface area contributed by atoms with Crippen molar-refractivity contribution in [3.8, 4) is 5.88 Å². The number of nitrogens with zero attached hydrogens (tertiary/aromatic N) is 1. The molecule has 0 radical (unpaired) electrons. The molecule has 2 atom stereocenters. The Kier molecular flexibility index (Phi) is 2.55. The van der Waals surface area contributed by atoms with Crippen LogP contribution in [0.2, 0.25) is 0 Å². The zero-order chi connectivity index (χ0) is 10.8. The molecule has 1 aliphatic carbocycles. The quantitative estimate of drug-likeness (QED) is 0.751. The van der Waals surface area contributed by atoms with E-state index < -0.39 is 0 Å². The second kappa shape index (κ2) is 3.86. The number of hydrogen-bond donors (Lipinski definition) is 2. The highest BCUT2D eigenvalue weighted by Crippen LogP contribution is 2.29. The summed E-state index contributed by atoms with van der Waals surface area (Å²) in [6, 6.07) is 3.47. The van der Waals surface area contributed by atoms with E-state index in [1.54, 1.807) is 25.4 Å². The van der Waals surface area contributed by atoms with E-state index in [9.17, 15) is 4.79 Å². The Morgan fingerprint density at radius 2 is 2.40 bits per heavy atom. The van der Waals surface area contributed by atoms with Crippen molar-refractivity contribution in [3.63, 3.8) is 0 Å². The van der Waals surface area contributed by atoms with Crippen molar-refractivity contribution in [2.24, 2.45) is 11.7 Å². The normalized spacial score (nSPS) is 23.3. The molecule has 1 aliphatic rings. The van der Waals surface area contributed by atoms with Gasteiger partial charge in [-0.05, 0) is 12.5 Å². The van der Waals surface area contributed by atoms with E-state index in [2.05, 4.69) is 10.3 Å². The minimum Gasteiger partial charge on any atom is -0.481 e. The molecular weight excluding hydrogens is 194 g/mol. The first-order valence-corrected chi connectivity index (χ1v) is 4.77. The number of amides is 1. The van der Waals surface area contributed by atoms with Crippen LogP contribution in [0.15, 0.2) is 18.3 Å². The lowest BCUT2D eigenvalue weighted by molar-refractivity contribution is -0.117. The van der Waals surface area contributed by atoms with Gasteiger partial charge >= 0.3 is 0 Å². The molecule has 0 bridgehead atoms. The Morgan fingerprint density at radius 1 is 1.67 bits per heavy atom. The SMILES string of the molecule is COc1ccc(NC(=O)C2CC2N)cn1. The van der Waals surface area contributed by atoms with E-state index >= 15 is 0 Å². The maximum Gasteiger partial charge on any atom is 0.229 e. The maximum atomic E-state index is 11.5. The molecule has 1 saturated carbocycles. The van der Waals surface area contributed by atoms with Crippen LogP contribution in [0.5, 0.6) is 5.88 Å². The van der Waals surface area contributed by atoms with Gasteiger partial charge in [0.05, 0.1) is 24.9 Å². The van der Waals surface area contributed by atoms with Gasteiger partial charge < -0.3 is 15.8 Å². The third-order valence-electron chi connectivity index (χ3n) is 2.39. The Bertz CT molecular complexity index is 363. The highest BCUT2D eigenvalue weighted by Gasteiger charge is 2.39. The summed E-state index contributed by atoms with van der Waals surface area (Å²) in [6.07, 6.45) is 2.33. The highest BCUT2D eigenvalue weighted by molar-refractivity contribution is 5.94. The zero-order valence-corrected chi connectivity index (χ0v) is 8.43. The van der Waals surface area contributed by atoms with Crippen LogP contribution in [0.25, 0.3) is 0 Å². The molecule has 0 saturated heterocycles. The minimum absolute atomic E-state index is 0.0243. The first-order chi connectivity index (χ1) is 7.20. The van der Waals surface area contributed by atoms with Crippen molar-refractivity contribution < 1.29 is 9.53 Å². The highest BCUT2D eigenvalue weighted by atomic mass is 16.5. The number of pyridine rings is 1. The topological polar surface area (TPSA) is 77.2 Å². The van der Waals surface area contributed by atoms with Crippen molar-refractivity contribution in [1.82, 2.24) is 4.98 Å². The molecule has 1 fully saturated rings. The standard InChI is InChI=1S/C10H13N3O2/c1-15-9-3-2-6(5-12-9)13-10(14)7-4-8(7)11/h2-3,5,7-8H,4,11H2,1H3,(H,13,14). The van der Waals surface area contributed by atoms with Crippen molar-refractivity contribution in [2.45, 2.75) is 12.5 Å². The van der Waals surface area contributed by atoms with Crippen molar-refractivity contribution in [1.29, 1.82) is 0 Å². The molecule has 15 heavy (non-hydrogen) atoms. The first-order valence-electron chi connectivity index (χ1n) is 4.77. The van der Waals surface area contributed by atoms with Gasteiger partial charge in [0.25, 0.3) is 0 Å². The van der Waals surface area contributed by atoms with Crippen LogP contribution in [-0.2, 0) is 4.79 Å². The lowest BCUT2D eigenvalue weighted by Gasteiger charge is -2.04. The number of nitrogens with two attached hydrogens (primary N) is 1. The van der Waals surface area contributed by atoms with Gasteiger partial charge in [-0.25, -0.2) is 4.98 Å². The van der Waals surface area contributed by atoms with Crippen molar-refractivity contribution >= 4 is 11.6 Å². The van der Waals surface area contributed by atoms with Gasteiger partial charge in [-0.15, -0.1) is 0 Å². The summed E-state index contributed by atoms with van der Waals surface area (Å²) in [4.78, 5) is 15.5. The predicted molar refractivity (Wildman–Crippen MR) is 55.5 cm³/mol. The van der Waals surface area contributed by atoms with Gasteiger partial charge in [0.1, 0.15) is 0 Å². The molecule has 2 unspecified atom stereocenters. The number of carbonyl (C=O) groups excluding carboxylic acids is 1. The van der Waals surface area contributed by atoms with Crippen molar-refractivity contribution in [2.75, 3.05) is 12.4 Å². The second-order valence-electron chi connectivity index (χ2n) is 3.58. The van der Waals surface area contributed by atoms with Crippen molar-refractivity contribution in [3.05, 3.63) is 18.3 Å². The monoisotopic (exact) mass is 207 g/mol. The van der Waals surface area contributed by atoms with Gasteiger partial charge in [-0.2, -0.15) is 0 Å². The predicted octanol–water partition coefficient (Wildman–Crippen LogP) is 0.376. The third kappa shape index (κ3) is 2.24. The first kappa shape index (κ1) is 9.92. The number of anilines is 1. The molecule has 1 amide bonds. The summed E-state index contributed by atoms with van der Waals surface area (Å²) in [6.45, 7) is 0. The Morgan fingerprint density at radius 3 is 2.87 bits per heavy atom. The molecule has 0 aliphatic heterocycles. The van der Waals surface area contributed by atoms with Gasteiger partial charge in [0.15, 0.2) is 0 Å². The molecule has 0 aromatic carbocycles. The summed E-state index contributed by atoms with van der Waals surface area (Å²) in [5.41, 5.74) is 6.24. The molecule has 3 N–H and O–H groups in total. The number of ether oxygens (including phenoxy) is 1. The number of methoxy groups -OCH3 is 1. The van der Waals surface area contributed by atoms with Crippen LogP contribution >= 0.6 is 0 Å². The van der Waals surface area contributed by atoms with Gasteiger partial charge in [0, 0.05) is 12.1 Å². The summed E-state index contributed by atoms with van der Waals surface area (Å²) >= 11 is 0. The van der Waals surface area contributed by atoms with E-state index in [0.29, 0.717) is 11.6 Å². The van der Waals surface area contributed by atoms with E-state index in [-0.39, 0.29) is 17.9 Å². The lowest BCUT2D eigenvalue weighted by Crippen LogP contribution is -2.18. The average molecular weight is 207 g/mol. The molecule has 1 aromatic heterocycles. The van der Waals surface area contributed by atoms with Gasteiger partial charge in [0.2, 0.25) is 11.8 Å². The summed E-state index contributed by atoms with van der Waals surface area (Å²) in [7, 11) is 1.55. The summed E-state index contributed by atoms with van der Waals surface area (Å²) in [5, 5.41) is 2.75. The molecular formula is C10H13N3O2. The van der Waals surface area contributed by atoms with Crippen LogP contribution in [-0.4, -0.2) is 24.0 Å². The van der Waals surface area contributed by atoms with E-state index in [4.69, 9.17) is 10.5 Å². The molecule has 80 valence electrons. The Labute approximate surface area is 87.6 Å². The van der Waals surface area contributed by atoms with Crippen LogP contribution in [0.3, 0.4) is 0 Å². The largest absolute Gasteiger partial charge is 0.481 e. The molecule has 1 aromatic rings. The molecule has 5 heteroatoms. The molecule has 0 spiro atoms. The maximum absolute atomic E-state index is 11.5. The number of carbonyl (C=O) groups is 1. The Balaban J connectivity index is 1.95. The minimum atomic E-state index is -0.0351. The Hall–Kier alpha value is -1.62. The van der Waals surface area contributed by atoms with Gasteiger partial charge in [-0.1, -0.05) is 0 Å². The molecule has 2 rings (SSSR count). The van der Waals surface area contributed by atoms with Crippen LogP contribution in [0.1, 0.15) is 6.42 Å². The second-order valence-corrected chi connectivity index (χ2v) is 3.58. The lowest BCUT2D eigenvalue weighted by atomic mass is 10.3. The number of nitrogens with one attached hydrogen (secondary N) is 1. The number of hydrogen-bond acceptors (Lipinski definition) is 4. The third-order valence-corrected chi connectivity index (χ3v) is 2.39. The number of aromatic nitrogens is 1. The van der Waals surface area contributed by atoms with Crippen LogP contribution in [0, 0.1) is 5.92 Å². The van der Waals surface area contributed by atoms with Gasteiger partial charge in [-0.3, -0.25) is 4.79 Å². The van der Waals surface area contributed by atoms with Crippen LogP contribution in [0.4, 0.5) is 5.69 Å². The zero-order valence-electron chi connectivity index (χ0n) is 8.43. The van der Waals surface area contributed by atoms with Crippen LogP contribution < -0.4 is 15.8 Å². The molecule has 1 heterocycles. The van der Waals surface area contributed by atoms with E-state index in [0.717, 1.165) is 6.42 Å². The van der Waals surface area contributed by atoms with E-state index in [1.807, 2.05) is 0 Å². The fourth-order valence-corrected chi connectivity index (χ4v) is 1.33. The fourth-order valence-electron chi connectivity index (χ4n) is 1.33.